The molecule has 0 aliphatic rings. The first kappa shape index (κ1) is 15.1. The molecule has 1 atom stereocenters. The lowest BCUT2D eigenvalue weighted by Gasteiger charge is -2.12. The van der Waals surface area contributed by atoms with E-state index in [0.29, 0.717) is 28.9 Å². The van der Waals surface area contributed by atoms with Crippen LogP contribution in [0, 0.1) is 0 Å². The smallest absolute Gasteiger partial charge is 0.320 e. The molecule has 2 N–H and O–H groups in total. The third-order valence-electron chi connectivity index (χ3n) is 2.33. The van der Waals surface area contributed by atoms with Gasteiger partial charge in [0.05, 0.1) is 16.7 Å². The molecule has 0 aliphatic heterocycles. The zero-order valence-electron chi connectivity index (χ0n) is 10.2. The molecule has 0 aliphatic carbocycles. The van der Waals surface area contributed by atoms with Gasteiger partial charge < -0.3 is 15.2 Å². The maximum atomic E-state index is 10.7. The number of carbonyl (C=O) groups is 1. The molecule has 4 nitrogen and oxygen atoms in total. The highest BCUT2D eigenvalue weighted by atomic mass is 35.5. The lowest BCUT2D eigenvalue weighted by atomic mass is 10.2. The van der Waals surface area contributed by atoms with Gasteiger partial charge in [0.25, 0.3) is 0 Å². The highest BCUT2D eigenvalue weighted by Crippen LogP contribution is 2.34. The molecule has 0 saturated heterocycles. The summed E-state index contributed by atoms with van der Waals surface area (Å²) in [5.41, 5.74) is 0.807. The highest BCUT2D eigenvalue weighted by molar-refractivity contribution is 6.37. The summed E-state index contributed by atoms with van der Waals surface area (Å²) in [5.74, 6) is -0.450. The molecule has 6 heteroatoms. The molecular formula is C12H15Cl2NO3. The van der Waals surface area contributed by atoms with Crippen molar-refractivity contribution in [2.75, 3.05) is 6.61 Å². The number of nitrogens with one attached hydrogen (secondary N) is 1. The predicted molar refractivity (Wildman–Crippen MR) is 71.6 cm³/mol. The van der Waals surface area contributed by atoms with Gasteiger partial charge >= 0.3 is 5.97 Å². The molecule has 1 rings (SSSR count). The number of hydrogen-bond donors (Lipinski definition) is 2. The molecule has 0 aromatic heterocycles. The highest BCUT2D eigenvalue weighted by Gasteiger charge is 2.12. The fourth-order valence-corrected chi connectivity index (χ4v) is 2.00. The van der Waals surface area contributed by atoms with Crippen LogP contribution in [0.3, 0.4) is 0 Å². The quantitative estimate of drug-likeness (QED) is 0.846. The number of aliphatic carboxylic acids is 1. The molecule has 1 aromatic rings. The Morgan fingerprint density at radius 3 is 2.44 bits per heavy atom. The van der Waals surface area contributed by atoms with Crippen LogP contribution in [0.5, 0.6) is 5.75 Å². The van der Waals surface area contributed by atoms with Crippen molar-refractivity contribution in [3.05, 3.63) is 27.7 Å². The number of rotatable bonds is 6. The molecule has 0 fully saturated rings. The summed E-state index contributed by atoms with van der Waals surface area (Å²) in [6.07, 6.45) is 0. The second kappa shape index (κ2) is 6.83. The largest absolute Gasteiger partial charge is 0.491 e. The van der Waals surface area contributed by atoms with Crippen LogP contribution in [-0.2, 0) is 11.3 Å². The molecule has 0 amide bonds. The van der Waals surface area contributed by atoms with E-state index in [1.54, 1.807) is 19.1 Å². The van der Waals surface area contributed by atoms with Crippen molar-refractivity contribution in [2.24, 2.45) is 0 Å². The Balaban J connectivity index is 2.77. The van der Waals surface area contributed by atoms with Gasteiger partial charge in [-0.15, -0.1) is 0 Å². The van der Waals surface area contributed by atoms with Gasteiger partial charge in [0.2, 0.25) is 0 Å². The maximum Gasteiger partial charge on any atom is 0.320 e. The van der Waals surface area contributed by atoms with Crippen molar-refractivity contribution in [3.63, 3.8) is 0 Å². The molecule has 0 unspecified atom stereocenters. The number of benzene rings is 1. The molecule has 18 heavy (non-hydrogen) atoms. The third kappa shape index (κ3) is 4.05. The van der Waals surface area contributed by atoms with Gasteiger partial charge in [0.15, 0.2) is 5.75 Å². The topological polar surface area (TPSA) is 58.6 Å². The monoisotopic (exact) mass is 291 g/mol. The minimum Gasteiger partial charge on any atom is -0.491 e. The summed E-state index contributed by atoms with van der Waals surface area (Å²) in [5, 5.41) is 12.4. The Bertz CT molecular complexity index is 414. The SMILES string of the molecule is CCOc1c(Cl)cc(CN[C@H](C)C(=O)O)cc1Cl. The number of hydrogen-bond acceptors (Lipinski definition) is 3. The summed E-state index contributed by atoms with van der Waals surface area (Å²) < 4.78 is 5.31. The Morgan fingerprint density at radius 1 is 1.44 bits per heavy atom. The fourth-order valence-electron chi connectivity index (χ4n) is 1.35. The van der Waals surface area contributed by atoms with Crippen molar-refractivity contribution >= 4 is 29.2 Å². The first-order chi connectivity index (χ1) is 8.45. The van der Waals surface area contributed by atoms with E-state index in [4.69, 9.17) is 33.0 Å². The molecule has 0 bridgehead atoms. The van der Waals surface area contributed by atoms with Gasteiger partial charge in [0, 0.05) is 6.54 Å². The van der Waals surface area contributed by atoms with Crippen LogP contribution in [-0.4, -0.2) is 23.7 Å². The third-order valence-corrected chi connectivity index (χ3v) is 2.89. The van der Waals surface area contributed by atoms with Crippen LogP contribution >= 0.6 is 23.2 Å². The molecule has 100 valence electrons. The average molecular weight is 292 g/mol. The molecule has 0 spiro atoms. The van der Waals surface area contributed by atoms with E-state index in [1.165, 1.54) is 0 Å². The summed E-state index contributed by atoms with van der Waals surface area (Å²) in [6.45, 7) is 4.27. The number of halogens is 2. The normalized spacial score (nSPS) is 12.2. The first-order valence-electron chi connectivity index (χ1n) is 5.52. The Hall–Kier alpha value is -0.970. The lowest BCUT2D eigenvalue weighted by molar-refractivity contribution is -0.139. The summed E-state index contributed by atoms with van der Waals surface area (Å²) in [7, 11) is 0. The second-order valence-electron chi connectivity index (χ2n) is 3.76. The molecule has 0 heterocycles. The van der Waals surface area contributed by atoms with Crippen LogP contribution < -0.4 is 10.1 Å². The van der Waals surface area contributed by atoms with Crippen molar-refractivity contribution in [1.82, 2.24) is 5.32 Å². The zero-order valence-corrected chi connectivity index (χ0v) is 11.7. The predicted octanol–water partition coefficient (Wildman–Crippen LogP) is 2.95. The van der Waals surface area contributed by atoms with E-state index < -0.39 is 12.0 Å². The average Bonchev–Trinajstić information content (AvgIpc) is 2.30. The van der Waals surface area contributed by atoms with Crippen molar-refractivity contribution in [3.8, 4) is 5.75 Å². The lowest BCUT2D eigenvalue weighted by Crippen LogP contribution is -2.33. The van der Waals surface area contributed by atoms with E-state index in [1.807, 2.05) is 6.92 Å². The zero-order chi connectivity index (χ0) is 13.7. The van der Waals surface area contributed by atoms with Crippen molar-refractivity contribution < 1.29 is 14.6 Å². The van der Waals surface area contributed by atoms with Gasteiger partial charge in [-0.2, -0.15) is 0 Å². The van der Waals surface area contributed by atoms with Crippen LogP contribution in [0.15, 0.2) is 12.1 Å². The van der Waals surface area contributed by atoms with Crippen LogP contribution in [0.4, 0.5) is 0 Å². The minimum absolute atomic E-state index is 0.374. The van der Waals surface area contributed by atoms with Gasteiger partial charge in [-0.05, 0) is 31.5 Å². The summed E-state index contributed by atoms with van der Waals surface area (Å²) >= 11 is 12.1. The van der Waals surface area contributed by atoms with Crippen LogP contribution in [0.1, 0.15) is 19.4 Å². The van der Waals surface area contributed by atoms with E-state index in [2.05, 4.69) is 5.32 Å². The van der Waals surface area contributed by atoms with Crippen LogP contribution in [0.25, 0.3) is 0 Å². The summed E-state index contributed by atoms with van der Waals surface area (Å²) in [4.78, 5) is 10.7. The molecule has 0 radical (unpaired) electrons. The molecule has 1 aromatic carbocycles. The minimum atomic E-state index is -0.905. The van der Waals surface area contributed by atoms with Crippen LogP contribution in [0.2, 0.25) is 10.0 Å². The second-order valence-corrected chi connectivity index (χ2v) is 4.58. The van der Waals surface area contributed by atoms with E-state index >= 15 is 0 Å². The molecular weight excluding hydrogens is 277 g/mol. The van der Waals surface area contributed by atoms with Gasteiger partial charge in [-0.1, -0.05) is 23.2 Å². The number of carboxylic acids is 1. The molecule has 0 saturated carbocycles. The van der Waals surface area contributed by atoms with Crippen molar-refractivity contribution in [1.29, 1.82) is 0 Å². The fraction of sp³-hybridized carbons (Fsp3) is 0.417. The van der Waals surface area contributed by atoms with E-state index in [-0.39, 0.29) is 0 Å². The standard InChI is InChI=1S/C12H15Cl2NO3/c1-3-18-11-9(13)4-8(5-10(11)14)6-15-7(2)12(16)17/h4-5,7,15H,3,6H2,1-2H3,(H,16,17)/t7-/m1/s1. The van der Waals surface area contributed by atoms with Gasteiger partial charge in [-0.25, -0.2) is 0 Å². The van der Waals surface area contributed by atoms with Gasteiger partial charge in [-0.3, -0.25) is 4.79 Å². The first-order valence-corrected chi connectivity index (χ1v) is 6.28. The summed E-state index contributed by atoms with van der Waals surface area (Å²) in [6, 6.07) is 2.79. The maximum absolute atomic E-state index is 10.7. The number of carboxylic acid groups (broad SMARTS) is 1. The van der Waals surface area contributed by atoms with Crippen molar-refractivity contribution in [2.45, 2.75) is 26.4 Å². The van der Waals surface area contributed by atoms with E-state index in [0.717, 1.165) is 5.56 Å². The number of ether oxygens (including phenoxy) is 1. The van der Waals surface area contributed by atoms with Gasteiger partial charge in [0.1, 0.15) is 6.04 Å². The Labute approximate surface area is 116 Å². The Kier molecular flexibility index (Phi) is 5.72. The Morgan fingerprint density at radius 2 is 2.00 bits per heavy atom. The van der Waals surface area contributed by atoms with E-state index in [9.17, 15) is 4.79 Å².